The zero-order valence-electron chi connectivity index (χ0n) is 19.4. The molecule has 4 aromatic rings. The summed E-state index contributed by atoms with van der Waals surface area (Å²) in [5, 5.41) is 3.61. The number of thioether (sulfide) groups is 1. The van der Waals surface area contributed by atoms with Crippen LogP contribution in [0.2, 0.25) is 0 Å². The van der Waals surface area contributed by atoms with Crippen LogP contribution in [-0.4, -0.2) is 27.8 Å². The van der Waals surface area contributed by atoms with Gasteiger partial charge in [-0.25, -0.2) is 4.98 Å². The minimum atomic E-state index is -0.444. The number of nitrogens with zero attached hydrogens (tertiary/aromatic N) is 2. The molecule has 0 bridgehead atoms. The van der Waals surface area contributed by atoms with E-state index in [-0.39, 0.29) is 17.5 Å². The summed E-state index contributed by atoms with van der Waals surface area (Å²) >= 11 is 1.29. The number of rotatable bonds is 8. The highest BCUT2D eigenvalue weighted by atomic mass is 32.2. The standard InChI is InChI=1S/C27H27N3O3S/c1-18(21-9-5-4-6-10-21)30-26(32)23-11-7-8-12-24(23)29-27(30)34-19(2)25(31)28-17-20-13-15-22(33-3)16-14-20/h4-16,18-19H,17H2,1-3H3,(H,28,31)/t18-,19+/m0/s1. The summed E-state index contributed by atoms with van der Waals surface area (Å²) in [6, 6.07) is 24.5. The maximum atomic E-state index is 13.5. The molecule has 3 aromatic carbocycles. The maximum Gasteiger partial charge on any atom is 0.262 e. The molecule has 0 aliphatic rings. The molecular weight excluding hydrogens is 446 g/mol. The van der Waals surface area contributed by atoms with Gasteiger partial charge in [0.1, 0.15) is 5.75 Å². The topological polar surface area (TPSA) is 73.2 Å². The molecule has 0 saturated heterocycles. The van der Waals surface area contributed by atoms with Crippen molar-refractivity contribution in [2.24, 2.45) is 0 Å². The molecular formula is C27H27N3O3S. The predicted molar refractivity (Wildman–Crippen MR) is 136 cm³/mol. The fourth-order valence-electron chi connectivity index (χ4n) is 3.72. The molecule has 4 rings (SSSR count). The van der Waals surface area contributed by atoms with E-state index in [4.69, 9.17) is 9.72 Å². The first-order valence-electron chi connectivity index (χ1n) is 11.1. The van der Waals surface area contributed by atoms with Crippen molar-refractivity contribution in [2.75, 3.05) is 7.11 Å². The molecule has 34 heavy (non-hydrogen) atoms. The van der Waals surface area contributed by atoms with Crippen molar-refractivity contribution >= 4 is 28.6 Å². The summed E-state index contributed by atoms with van der Waals surface area (Å²) in [4.78, 5) is 31.1. The second-order valence-corrected chi connectivity index (χ2v) is 9.31. The van der Waals surface area contributed by atoms with Crippen molar-refractivity contribution in [3.8, 4) is 5.75 Å². The molecule has 0 unspecified atom stereocenters. The first-order chi connectivity index (χ1) is 16.5. The number of para-hydroxylation sites is 1. The van der Waals surface area contributed by atoms with Crippen LogP contribution in [0, 0.1) is 0 Å². The van der Waals surface area contributed by atoms with E-state index in [2.05, 4.69) is 5.32 Å². The summed E-state index contributed by atoms with van der Waals surface area (Å²) in [6.45, 7) is 4.21. The van der Waals surface area contributed by atoms with Crippen LogP contribution < -0.4 is 15.6 Å². The third-order valence-electron chi connectivity index (χ3n) is 5.72. The van der Waals surface area contributed by atoms with E-state index < -0.39 is 5.25 Å². The van der Waals surface area contributed by atoms with E-state index in [0.29, 0.717) is 22.6 Å². The zero-order chi connectivity index (χ0) is 24.1. The summed E-state index contributed by atoms with van der Waals surface area (Å²) in [5.74, 6) is 0.647. The summed E-state index contributed by atoms with van der Waals surface area (Å²) < 4.78 is 6.87. The molecule has 0 aliphatic heterocycles. The number of ether oxygens (including phenoxy) is 1. The van der Waals surface area contributed by atoms with Gasteiger partial charge in [0.25, 0.3) is 5.56 Å². The van der Waals surface area contributed by atoms with Crippen LogP contribution >= 0.6 is 11.8 Å². The average molecular weight is 474 g/mol. The lowest BCUT2D eigenvalue weighted by Crippen LogP contribution is -2.32. The van der Waals surface area contributed by atoms with Crippen LogP contribution in [0.4, 0.5) is 0 Å². The molecule has 6 nitrogen and oxygen atoms in total. The lowest BCUT2D eigenvalue weighted by atomic mass is 10.1. The number of carbonyl (C=O) groups is 1. The Bertz CT molecular complexity index is 1340. The number of fused-ring (bicyclic) bond motifs is 1. The SMILES string of the molecule is COc1ccc(CNC(=O)[C@@H](C)Sc2nc3ccccc3c(=O)n2[C@@H](C)c2ccccc2)cc1. The van der Waals surface area contributed by atoms with Crippen molar-refractivity contribution in [3.63, 3.8) is 0 Å². The first-order valence-corrected chi connectivity index (χ1v) is 12.0. The largest absolute Gasteiger partial charge is 0.497 e. The molecule has 0 aliphatic carbocycles. The highest BCUT2D eigenvalue weighted by Crippen LogP contribution is 2.27. The fraction of sp³-hybridized carbons (Fsp3) is 0.222. The molecule has 2 atom stereocenters. The number of nitrogens with one attached hydrogen (secondary N) is 1. The van der Waals surface area contributed by atoms with Crippen LogP contribution in [0.15, 0.2) is 88.8 Å². The van der Waals surface area contributed by atoms with Crippen LogP contribution in [0.1, 0.15) is 31.0 Å². The van der Waals surface area contributed by atoms with E-state index in [9.17, 15) is 9.59 Å². The molecule has 0 saturated carbocycles. The van der Waals surface area contributed by atoms with E-state index >= 15 is 0 Å². The Labute approximate surface area is 203 Å². The molecule has 1 aromatic heterocycles. The molecule has 1 amide bonds. The zero-order valence-corrected chi connectivity index (χ0v) is 20.2. The summed E-state index contributed by atoms with van der Waals surface area (Å²) in [6.07, 6.45) is 0. The molecule has 1 N–H and O–H groups in total. The van der Waals surface area contributed by atoms with Crippen LogP contribution in [0.25, 0.3) is 10.9 Å². The molecule has 174 valence electrons. The number of methoxy groups -OCH3 is 1. The normalized spacial score (nSPS) is 12.8. The highest BCUT2D eigenvalue weighted by molar-refractivity contribution is 8.00. The minimum Gasteiger partial charge on any atom is -0.497 e. The maximum absolute atomic E-state index is 13.5. The van der Waals surface area contributed by atoms with E-state index in [1.165, 1.54) is 11.8 Å². The Kier molecular flexibility index (Phi) is 7.33. The van der Waals surface area contributed by atoms with Gasteiger partial charge in [0, 0.05) is 6.54 Å². The summed E-state index contributed by atoms with van der Waals surface area (Å²) in [5.41, 5.74) is 2.48. The number of amides is 1. The molecule has 1 heterocycles. The molecule has 0 radical (unpaired) electrons. The van der Waals surface area contributed by atoms with E-state index in [1.54, 1.807) is 17.7 Å². The Morgan fingerprint density at radius 3 is 2.38 bits per heavy atom. The molecule has 0 spiro atoms. The lowest BCUT2D eigenvalue weighted by Gasteiger charge is -2.21. The van der Waals surface area contributed by atoms with Crippen LogP contribution in [0.5, 0.6) is 5.75 Å². The van der Waals surface area contributed by atoms with E-state index in [1.807, 2.05) is 86.6 Å². The van der Waals surface area contributed by atoms with Crippen molar-refractivity contribution in [1.82, 2.24) is 14.9 Å². The monoisotopic (exact) mass is 473 g/mol. The lowest BCUT2D eigenvalue weighted by molar-refractivity contribution is -0.120. The van der Waals surface area contributed by atoms with Gasteiger partial charge in [-0.2, -0.15) is 0 Å². The van der Waals surface area contributed by atoms with Gasteiger partial charge < -0.3 is 10.1 Å². The van der Waals surface area contributed by atoms with Crippen molar-refractivity contribution < 1.29 is 9.53 Å². The van der Waals surface area contributed by atoms with E-state index in [0.717, 1.165) is 16.9 Å². The van der Waals surface area contributed by atoms with Gasteiger partial charge in [-0.1, -0.05) is 66.4 Å². The third-order valence-corrected chi connectivity index (χ3v) is 6.79. The smallest absolute Gasteiger partial charge is 0.262 e. The van der Waals surface area contributed by atoms with Gasteiger partial charge in [-0.15, -0.1) is 0 Å². The molecule has 7 heteroatoms. The first kappa shape index (κ1) is 23.6. The Morgan fingerprint density at radius 1 is 1.00 bits per heavy atom. The number of hydrogen-bond donors (Lipinski definition) is 1. The number of aromatic nitrogens is 2. The van der Waals surface area contributed by atoms with Gasteiger partial charge >= 0.3 is 0 Å². The van der Waals surface area contributed by atoms with Crippen molar-refractivity contribution in [1.29, 1.82) is 0 Å². The van der Waals surface area contributed by atoms with Crippen molar-refractivity contribution in [3.05, 3.63) is 100 Å². The van der Waals surface area contributed by atoms with Gasteiger partial charge in [-0.05, 0) is 49.2 Å². The van der Waals surface area contributed by atoms with Crippen LogP contribution in [-0.2, 0) is 11.3 Å². The second-order valence-electron chi connectivity index (χ2n) is 8.00. The minimum absolute atomic E-state index is 0.115. The van der Waals surface area contributed by atoms with Gasteiger partial charge in [-0.3, -0.25) is 14.2 Å². The quantitative estimate of drug-likeness (QED) is 0.294. The van der Waals surface area contributed by atoms with Gasteiger partial charge in [0.15, 0.2) is 5.16 Å². The average Bonchev–Trinajstić information content (AvgIpc) is 2.88. The number of benzene rings is 3. The fourth-order valence-corrected chi connectivity index (χ4v) is 4.73. The second kappa shape index (κ2) is 10.6. The number of hydrogen-bond acceptors (Lipinski definition) is 5. The van der Waals surface area contributed by atoms with Crippen LogP contribution in [0.3, 0.4) is 0 Å². The van der Waals surface area contributed by atoms with Crippen molar-refractivity contribution in [2.45, 2.75) is 36.8 Å². The Hall–Kier alpha value is -3.58. The van der Waals surface area contributed by atoms with Gasteiger partial charge in [0.2, 0.25) is 5.91 Å². The number of carbonyl (C=O) groups excluding carboxylic acids is 1. The Balaban J connectivity index is 1.59. The Morgan fingerprint density at radius 2 is 1.68 bits per heavy atom. The predicted octanol–water partition coefficient (Wildman–Crippen LogP) is 4.81. The third kappa shape index (κ3) is 5.15. The van der Waals surface area contributed by atoms with Gasteiger partial charge in [0.05, 0.1) is 29.3 Å². The summed E-state index contributed by atoms with van der Waals surface area (Å²) in [7, 11) is 1.62. The molecule has 0 fully saturated rings. The highest BCUT2D eigenvalue weighted by Gasteiger charge is 2.22.